The second-order valence-electron chi connectivity index (χ2n) is 6.63. The van der Waals surface area contributed by atoms with Gasteiger partial charge in [0, 0.05) is 32.8 Å². The highest BCUT2D eigenvalue weighted by atomic mass is 127. The zero-order valence-electron chi connectivity index (χ0n) is 15.4. The SMILES string of the molecule is CCNC(=NCC1CCCO1)NCCCN1CCCN(C)CC1.I. The first-order valence-electron chi connectivity index (χ1n) is 9.32. The third-order valence-electron chi connectivity index (χ3n) is 4.58. The lowest BCUT2D eigenvalue weighted by molar-refractivity contribution is 0.117. The molecule has 0 aliphatic carbocycles. The van der Waals surface area contributed by atoms with Crippen molar-refractivity contribution in [1.29, 1.82) is 0 Å². The quantitative estimate of drug-likeness (QED) is 0.264. The Morgan fingerprint density at radius 3 is 2.79 bits per heavy atom. The Morgan fingerprint density at radius 1 is 1.17 bits per heavy atom. The van der Waals surface area contributed by atoms with Crippen molar-refractivity contribution in [3.8, 4) is 0 Å². The second kappa shape index (κ2) is 13.1. The normalized spacial score (nSPS) is 23.6. The Hall–Kier alpha value is -0.120. The first-order valence-corrected chi connectivity index (χ1v) is 9.32. The molecule has 7 heteroatoms. The van der Waals surface area contributed by atoms with Gasteiger partial charge < -0.3 is 25.2 Å². The maximum atomic E-state index is 5.63. The summed E-state index contributed by atoms with van der Waals surface area (Å²) in [6, 6.07) is 0. The van der Waals surface area contributed by atoms with E-state index in [1.54, 1.807) is 0 Å². The Bertz CT molecular complexity index is 350. The van der Waals surface area contributed by atoms with E-state index in [0.717, 1.165) is 45.0 Å². The molecule has 0 bridgehead atoms. The van der Waals surface area contributed by atoms with Gasteiger partial charge in [-0.15, -0.1) is 24.0 Å². The van der Waals surface area contributed by atoms with Gasteiger partial charge >= 0.3 is 0 Å². The number of halogens is 1. The lowest BCUT2D eigenvalue weighted by atomic mass is 10.2. The maximum absolute atomic E-state index is 5.63. The number of hydrogen-bond donors (Lipinski definition) is 2. The summed E-state index contributed by atoms with van der Waals surface area (Å²) in [6.07, 6.45) is 5.09. The molecule has 2 fully saturated rings. The molecule has 1 unspecified atom stereocenters. The van der Waals surface area contributed by atoms with Crippen LogP contribution in [0.3, 0.4) is 0 Å². The van der Waals surface area contributed by atoms with Crippen LogP contribution in [-0.2, 0) is 4.74 Å². The highest BCUT2D eigenvalue weighted by Crippen LogP contribution is 2.11. The van der Waals surface area contributed by atoms with E-state index in [0.29, 0.717) is 6.10 Å². The molecule has 1 atom stereocenters. The van der Waals surface area contributed by atoms with Gasteiger partial charge in [0.2, 0.25) is 0 Å². The molecule has 2 N–H and O–H groups in total. The fourth-order valence-corrected chi connectivity index (χ4v) is 3.16. The van der Waals surface area contributed by atoms with Crippen molar-refractivity contribution in [2.75, 3.05) is 66.0 Å². The van der Waals surface area contributed by atoms with E-state index in [4.69, 9.17) is 4.74 Å². The summed E-state index contributed by atoms with van der Waals surface area (Å²) in [5.74, 6) is 0.929. The van der Waals surface area contributed by atoms with Crippen LogP contribution >= 0.6 is 24.0 Å². The van der Waals surface area contributed by atoms with Gasteiger partial charge in [0.15, 0.2) is 5.96 Å². The lowest BCUT2D eigenvalue weighted by Crippen LogP contribution is -2.39. The van der Waals surface area contributed by atoms with Gasteiger partial charge in [0.1, 0.15) is 0 Å². The van der Waals surface area contributed by atoms with Gasteiger partial charge in [0.25, 0.3) is 0 Å². The van der Waals surface area contributed by atoms with E-state index in [9.17, 15) is 0 Å². The number of nitrogens with one attached hydrogen (secondary N) is 2. The highest BCUT2D eigenvalue weighted by Gasteiger charge is 2.15. The standard InChI is InChI=1S/C17H35N5O.HI/c1-3-18-17(20-15-16-7-4-14-23-16)19-8-5-10-22-11-6-9-21(2)12-13-22;/h16H,3-15H2,1-2H3,(H2,18,19,20);1H. The minimum Gasteiger partial charge on any atom is -0.376 e. The average molecular weight is 453 g/mol. The Labute approximate surface area is 164 Å². The number of hydrogen-bond acceptors (Lipinski definition) is 4. The second-order valence-corrected chi connectivity index (χ2v) is 6.63. The molecule has 0 aromatic carbocycles. The van der Waals surface area contributed by atoms with Crippen molar-refractivity contribution < 1.29 is 4.74 Å². The van der Waals surface area contributed by atoms with Gasteiger partial charge in [0.05, 0.1) is 12.6 Å². The summed E-state index contributed by atoms with van der Waals surface area (Å²) in [4.78, 5) is 9.67. The summed E-state index contributed by atoms with van der Waals surface area (Å²) in [7, 11) is 2.22. The predicted octanol–water partition coefficient (Wildman–Crippen LogP) is 1.37. The van der Waals surface area contributed by atoms with E-state index in [-0.39, 0.29) is 24.0 Å². The molecule has 0 saturated carbocycles. The number of ether oxygens (including phenoxy) is 1. The minimum absolute atomic E-state index is 0. The molecular formula is C17H36IN5O. The fourth-order valence-electron chi connectivity index (χ4n) is 3.16. The van der Waals surface area contributed by atoms with Crippen molar-refractivity contribution in [2.24, 2.45) is 4.99 Å². The molecule has 2 aliphatic rings. The molecule has 0 aromatic rings. The van der Waals surface area contributed by atoms with E-state index in [1.807, 2.05) is 0 Å². The van der Waals surface area contributed by atoms with E-state index in [2.05, 4.69) is 39.4 Å². The smallest absolute Gasteiger partial charge is 0.191 e. The summed E-state index contributed by atoms with van der Waals surface area (Å²) in [5, 5.41) is 6.78. The summed E-state index contributed by atoms with van der Waals surface area (Å²) in [6.45, 7) is 11.7. The molecule has 2 saturated heterocycles. The number of aliphatic imine (C=N–C) groups is 1. The largest absolute Gasteiger partial charge is 0.376 e. The van der Waals surface area contributed by atoms with Crippen molar-refractivity contribution in [2.45, 2.75) is 38.7 Å². The molecular weight excluding hydrogens is 417 g/mol. The third kappa shape index (κ3) is 8.82. The van der Waals surface area contributed by atoms with Crippen molar-refractivity contribution in [3.63, 3.8) is 0 Å². The van der Waals surface area contributed by atoms with Crippen LogP contribution in [0, 0.1) is 0 Å². The van der Waals surface area contributed by atoms with E-state index >= 15 is 0 Å². The Morgan fingerprint density at radius 2 is 2.04 bits per heavy atom. The van der Waals surface area contributed by atoms with Gasteiger partial charge in [-0.2, -0.15) is 0 Å². The van der Waals surface area contributed by atoms with Crippen molar-refractivity contribution in [1.82, 2.24) is 20.4 Å². The van der Waals surface area contributed by atoms with E-state index < -0.39 is 0 Å². The van der Waals surface area contributed by atoms with Crippen molar-refractivity contribution >= 4 is 29.9 Å². The fraction of sp³-hybridized carbons (Fsp3) is 0.941. The average Bonchev–Trinajstić information content (AvgIpc) is 2.98. The topological polar surface area (TPSA) is 52.1 Å². The monoisotopic (exact) mass is 453 g/mol. The first-order chi connectivity index (χ1) is 11.3. The first kappa shape index (κ1) is 21.9. The zero-order valence-corrected chi connectivity index (χ0v) is 17.8. The maximum Gasteiger partial charge on any atom is 0.191 e. The van der Waals surface area contributed by atoms with Crippen LogP contribution in [0.4, 0.5) is 0 Å². The highest BCUT2D eigenvalue weighted by molar-refractivity contribution is 14.0. The number of nitrogens with zero attached hydrogens (tertiary/aromatic N) is 3. The van der Waals surface area contributed by atoms with Crippen LogP contribution in [0.25, 0.3) is 0 Å². The van der Waals surface area contributed by atoms with Gasteiger partial charge in [-0.3, -0.25) is 4.99 Å². The third-order valence-corrected chi connectivity index (χ3v) is 4.58. The van der Waals surface area contributed by atoms with Crippen LogP contribution in [0.2, 0.25) is 0 Å². The molecule has 0 amide bonds. The Balaban J connectivity index is 0.00000288. The molecule has 2 rings (SSSR count). The van der Waals surface area contributed by atoms with Crippen LogP contribution < -0.4 is 10.6 Å². The molecule has 0 aromatic heterocycles. The molecule has 142 valence electrons. The molecule has 2 aliphatic heterocycles. The van der Waals surface area contributed by atoms with Crippen LogP contribution in [-0.4, -0.2) is 87.9 Å². The molecule has 2 heterocycles. The van der Waals surface area contributed by atoms with Gasteiger partial charge in [-0.25, -0.2) is 0 Å². The number of likely N-dealkylation sites (N-methyl/N-ethyl adjacent to an activating group) is 1. The van der Waals surface area contributed by atoms with Crippen LogP contribution in [0.5, 0.6) is 0 Å². The minimum atomic E-state index is 0. The zero-order chi connectivity index (χ0) is 16.3. The number of rotatable bonds is 7. The lowest BCUT2D eigenvalue weighted by Gasteiger charge is -2.20. The molecule has 0 radical (unpaired) electrons. The van der Waals surface area contributed by atoms with Gasteiger partial charge in [-0.1, -0.05) is 0 Å². The molecule has 6 nitrogen and oxygen atoms in total. The molecule has 24 heavy (non-hydrogen) atoms. The summed E-state index contributed by atoms with van der Waals surface area (Å²) < 4.78 is 5.63. The van der Waals surface area contributed by atoms with E-state index in [1.165, 1.54) is 45.6 Å². The molecule has 0 spiro atoms. The van der Waals surface area contributed by atoms with Crippen molar-refractivity contribution in [3.05, 3.63) is 0 Å². The predicted molar refractivity (Wildman–Crippen MR) is 112 cm³/mol. The van der Waals surface area contributed by atoms with Crippen LogP contribution in [0.15, 0.2) is 4.99 Å². The summed E-state index contributed by atoms with van der Waals surface area (Å²) >= 11 is 0. The number of guanidine groups is 1. The van der Waals surface area contributed by atoms with Gasteiger partial charge in [-0.05, 0) is 59.3 Å². The Kier molecular flexibility index (Phi) is 12.0. The summed E-state index contributed by atoms with van der Waals surface area (Å²) in [5.41, 5.74) is 0. The van der Waals surface area contributed by atoms with Crippen LogP contribution in [0.1, 0.15) is 32.6 Å².